The molecule has 0 unspecified atom stereocenters. The van der Waals surface area contributed by atoms with Gasteiger partial charge < -0.3 is 24.5 Å². The highest BCUT2D eigenvalue weighted by molar-refractivity contribution is 6.10. The summed E-state index contributed by atoms with van der Waals surface area (Å²) in [6.45, 7) is 2.38. The second-order valence-electron chi connectivity index (χ2n) is 7.82. The molecule has 0 fully saturated rings. The molecule has 0 atom stereocenters. The molecule has 0 spiro atoms. The Kier molecular flexibility index (Phi) is 6.54. The van der Waals surface area contributed by atoms with Gasteiger partial charge in [0.25, 0.3) is 5.78 Å². The van der Waals surface area contributed by atoms with Crippen molar-refractivity contribution >= 4 is 22.8 Å². The molecule has 7 nitrogen and oxygen atoms in total. The van der Waals surface area contributed by atoms with Crippen LogP contribution in [-0.2, 0) is 25.6 Å². The van der Waals surface area contributed by atoms with Gasteiger partial charge >= 0.3 is 0 Å². The zero-order valence-electron chi connectivity index (χ0n) is 19.5. The standard InChI is InChI=1S/C27H26N2O5/c1-16-21(10-17-11-24(33-3)27(31)25(12-17)34-4)20-8-7-19(32-2)13-23(20)22(16)14-26(30)29-15-18-6-5-9-28-18/h5-14,28H,15H2,1-4H3,(H,29,30). The van der Waals surface area contributed by atoms with E-state index in [1.807, 2.05) is 49.5 Å². The Labute approximate surface area is 198 Å². The second kappa shape index (κ2) is 9.70. The molecule has 2 aromatic rings. The quantitative estimate of drug-likeness (QED) is 0.611. The number of ether oxygens (including phenoxy) is 3. The minimum absolute atomic E-state index is 0.196. The van der Waals surface area contributed by atoms with E-state index in [0.717, 1.165) is 39.1 Å². The fraction of sp³-hybridized carbons (Fsp3) is 0.185. The first-order valence-electron chi connectivity index (χ1n) is 10.7. The van der Waals surface area contributed by atoms with Gasteiger partial charge in [0.1, 0.15) is 5.75 Å². The van der Waals surface area contributed by atoms with Crippen molar-refractivity contribution in [2.75, 3.05) is 21.3 Å². The molecule has 4 rings (SSSR count). The van der Waals surface area contributed by atoms with Crippen molar-refractivity contribution in [2.45, 2.75) is 13.5 Å². The molecule has 34 heavy (non-hydrogen) atoms. The zero-order valence-corrected chi connectivity index (χ0v) is 19.5. The lowest BCUT2D eigenvalue weighted by atomic mass is 9.99. The number of benzene rings is 1. The van der Waals surface area contributed by atoms with Gasteiger partial charge in [-0.15, -0.1) is 0 Å². The van der Waals surface area contributed by atoms with Gasteiger partial charge in [0.15, 0.2) is 11.5 Å². The average Bonchev–Trinajstić information content (AvgIpc) is 3.46. The summed E-state index contributed by atoms with van der Waals surface area (Å²) in [6, 6.07) is 9.58. The number of methoxy groups -OCH3 is 3. The van der Waals surface area contributed by atoms with E-state index < -0.39 is 0 Å². The van der Waals surface area contributed by atoms with E-state index in [0.29, 0.717) is 12.3 Å². The highest BCUT2D eigenvalue weighted by Gasteiger charge is 2.26. The van der Waals surface area contributed by atoms with Crippen molar-refractivity contribution in [3.63, 3.8) is 0 Å². The Morgan fingerprint density at radius 2 is 1.76 bits per heavy atom. The van der Waals surface area contributed by atoms with Crippen LogP contribution in [0.25, 0.3) is 11.1 Å². The largest absolute Gasteiger partial charge is 0.497 e. The lowest BCUT2D eigenvalue weighted by Crippen LogP contribution is -2.20. The van der Waals surface area contributed by atoms with E-state index in [1.54, 1.807) is 25.3 Å². The molecule has 1 amide bonds. The van der Waals surface area contributed by atoms with E-state index in [2.05, 4.69) is 10.3 Å². The predicted octanol–water partition coefficient (Wildman–Crippen LogP) is 4.08. The number of amides is 1. The number of carbonyl (C=O) groups is 2. The molecular weight excluding hydrogens is 432 g/mol. The van der Waals surface area contributed by atoms with Crippen molar-refractivity contribution in [2.24, 2.45) is 0 Å². The summed E-state index contributed by atoms with van der Waals surface area (Å²) in [5.74, 6) is 0.610. The van der Waals surface area contributed by atoms with Gasteiger partial charge in [-0.25, -0.2) is 0 Å². The third-order valence-corrected chi connectivity index (χ3v) is 5.80. The van der Waals surface area contributed by atoms with Crippen molar-refractivity contribution in [1.82, 2.24) is 10.3 Å². The Hall–Kier alpha value is -4.26. The molecule has 0 saturated heterocycles. The normalized spacial score (nSPS) is 16.2. The maximum Gasteiger partial charge on any atom is 0.261 e. The van der Waals surface area contributed by atoms with E-state index >= 15 is 0 Å². The van der Waals surface area contributed by atoms with E-state index in [-0.39, 0.29) is 23.2 Å². The summed E-state index contributed by atoms with van der Waals surface area (Å²) >= 11 is 0. The van der Waals surface area contributed by atoms with Gasteiger partial charge in [-0.1, -0.05) is 6.07 Å². The Morgan fingerprint density at radius 3 is 2.38 bits per heavy atom. The van der Waals surface area contributed by atoms with Crippen LogP contribution in [0.4, 0.5) is 0 Å². The first kappa shape index (κ1) is 22.9. The van der Waals surface area contributed by atoms with E-state index in [1.165, 1.54) is 14.2 Å². The number of Topliss-reactive ketones (excluding diaryl/α,β-unsaturated/α-hetero) is 1. The lowest BCUT2D eigenvalue weighted by molar-refractivity contribution is -0.118. The number of H-pyrrole nitrogens is 1. The zero-order chi connectivity index (χ0) is 24.2. The molecule has 1 aromatic heterocycles. The van der Waals surface area contributed by atoms with Crippen LogP contribution in [0, 0.1) is 0 Å². The number of fused-ring (bicyclic) bond motifs is 1. The second-order valence-corrected chi connectivity index (χ2v) is 7.82. The van der Waals surface area contributed by atoms with Crippen molar-refractivity contribution < 1.29 is 23.8 Å². The summed E-state index contributed by atoms with van der Waals surface area (Å²) < 4.78 is 15.9. The summed E-state index contributed by atoms with van der Waals surface area (Å²) in [5, 5.41) is 2.91. The number of aromatic nitrogens is 1. The number of allylic oxidation sites excluding steroid dienone is 7. The molecule has 2 N–H and O–H groups in total. The van der Waals surface area contributed by atoms with Crippen LogP contribution in [0.5, 0.6) is 5.75 Å². The number of hydrogen-bond acceptors (Lipinski definition) is 5. The summed E-state index contributed by atoms with van der Waals surface area (Å²) in [4.78, 5) is 28.1. The maximum atomic E-state index is 12.7. The highest BCUT2D eigenvalue weighted by atomic mass is 16.5. The number of ketones is 1. The third-order valence-electron chi connectivity index (χ3n) is 5.80. The first-order valence-corrected chi connectivity index (χ1v) is 10.7. The van der Waals surface area contributed by atoms with Crippen LogP contribution in [-0.4, -0.2) is 38.0 Å². The third kappa shape index (κ3) is 4.45. The van der Waals surface area contributed by atoms with Crippen LogP contribution in [0.3, 0.4) is 0 Å². The SMILES string of the molecule is COC1=CC(=CC2=C(C)C(=CC(=O)NCc3ccc[nH]3)c3cc(OC)ccc32)C=C(OC)C1=O. The lowest BCUT2D eigenvalue weighted by Gasteiger charge is -2.14. The molecular formula is C27H26N2O5. The summed E-state index contributed by atoms with van der Waals surface area (Å²) in [5.41, 5.74) is 6.21. The maximum absolute atomic E-state index is 12.7. The molecule has 1 heterocycles. The fourth-order valence-electron chi connectivity index (χ4n) is 4.02. The highest BCUT2D eigenvalue weighted by Crippen LogP contribution is 2.44. The molecule has 7 heteroatoms. The Balaban J connectivity index is 1.75. The van der Waals surface area contributed by atoms with Gasteiger partial charge in [-0.05, 0) is 82.8 Å². The fourth-order valence-corrected chi connectivity index (χ4v) is 4.02. The topological polar surface area (TPSA) is 89.7 Å². The molecule has 174 valence electrons. The predicted molar refractivity (Wildman–Crippen MR) is 129 cm³/mol. The minimum Gasteiger partial charge on any atom is -0.497 e. The molecule has 0 saturated carbocycles. The van der Waals surface area contributed by atoms with Crippen LogP contribution in [0.2, 0.25) is 0 Å². The number of aromatic amines is 1. The van der Waals surface area contributed by atoms with Gasteiger partial charge in [0.05, 0.1) is 27.9 Å². The molecule has 0 radical (unpaired) electrons. The average molecular weight is 459 g/mol. The van der Waals surface area contributed by atoms with Gasteiger partial charge in [-0.2, -0.15) is 0 Å². The minimum atomic E-state index is -0.302. The molecule has 0 bridgehead atoms. The van der Waals surface area contributed by atoms with Crippen LogP contribution in [0.15, 0.2) is 83.5 Å². The Morgan fingerprint density at radius 1 is 1.03 bits per heavy atom. The molecule has 2 aliphatic rings. The van der Waals surface area contributed by atoms with Crippen LogP contribution < -0.4 is 10.1 Å². The first-order chi connectivity index (χ1) is 16.4. The van der Waals surface area contributed by atoms with Crippen LogP contribution in [0.1, 0.15) is 23.7 Å². The molecule has 2 aliphatic carbocycles. The number of hydrogen-bond donors (Lipinski definition) is 2. The van der Waals surface area contributed by atoms with Crippen LogP contribution >= 0.6 is 0 Å². The van der Waals surface area contributed by atoms with Crippen molar-refractivity contribution in [3.8, 4) is 5.75 Å². The van der Waals surface area contributed by atoms with Crippen molar-refractivity contribution in [3.05, 3.63) is 100 Å². The number of carbonyl (C=O) groups excluding carboxylic acids is 2. The summed E-state index contributed by atoms with van der Waals surface area (Å²) in [7, 11) is 4.52. The summed E-state index contributed by atoms with van der Waals surface area (Å²) in [6.07, 6.45) is 8.75. The van der Waals surface area contributed by atoms with E-state index in [9.17, 15) is 9.59 Å². The van der Waals surface area contributed by atoms with Crippen molar-refractivity contribution in [1.29, 1.82) is 0 Å². The smallest absolute Gasteiger partial charge is 0.261 e. The monoisotopic (exact) mass is 458 g/mol. The van der Waals surface area contributed by atoms with Gasteiger partial charge in [0, 0.05) is 18.0 Å². The number of nitrogens with one attached hydrogen (secondary N) is 2. The van der Waals surface area contributed by atoms with Gasteiger partial charge in [0.2, 0.25) is 5.91 Å². The van der Waals surface area contributed by atoms with Gasteiger partial charge in [-0.3, -0.25) is 9.59 Å². The van der Waals surface area contributed by atoms with E-state index in [4.69, 9.17) is 14.2 Å². The molecule has 0 aliphatic heterocycles. The molecule has 1 aromatic carbocycles. The number of rotatable bonds is 7. The Bertz CT molecular complexity index is 1260.